The van der Waals surface area contributed by atoms with Gasteiger partial charge in [-0.05, 0) is 81.1 Å². The summed E-state index contributed by atoms with van der Waals surface area (Å²) in [7, 11) is 2.10. The van der Waals surface area contributed by atoms with Crippen LogP contribution in [-0.2, 0) is 23.9 Å². The minimum atomic E-state index is -4.70. The maximum absolute atomic E-state index is 14.0. The molecule has 3 aliphatic heterocycles. The molecular formula is C30H37ClF3N5O2. The van der Waals surface area contributed by atoms with Gasteiger partial charge in [0.05, 0.1) is 11.5 Å². The summed E-state index contributed by atoms with van der Waals surface area (Å²) in [6.45, 7) is 6.00. The lowest BCUT2D eigenvalue weighted by Crippen LogP contribution is -2.54. The highest BCUT2D eigenvalue weighted by molar-refractivity contribution is 6.30. The lowest BCUT2D eigenvalue weighted by molar-refractivity contribution is -0.141. The van der Waals surface area contributed by atoms with Gasteiger partial charge in [0.2, 0.25) is 5.91 Å². The molecule has 1 aromatic carbocycles. The van der Waals surface area contributed by atoms with Crippen molar-refractivity contribution in [1.29, 1.82) is 0 Å². The fourth-order valence-corrected chi connectivity index (χ4v) is 6.63. The number of piperidine rings is 1. The van der Waals surface area contributed by atoms with Crippen LogP contribution in [0.2, 0.25) is 5.02 Å². The van der Waals surface area contributed by atoms with Crippen LogP contribution in [0, 0.1) is 5.92 Å². The predicted octanol–water partition coefficient (Wildman–Crippen LogP) is 4.59. The Morgan fingerprint density at radius 1 is 1.05 bits per heavy atom. The summed E-state index contributed by atoms with van der Waals surface area (Å²) < 4.78 is 41.4. The van der Waals surface area contributed by atoms with Gasteiger partial charge in [0.1, 0.15) is 5.69 Å². The number of benzene rings is 1. The average molecular weight is 592 g/mol. The van der Waals surface area contributed by atoms with E-state index in [4.69, 9.17) is 11.6 Å². The third-order valence-electron chi connectivity index (χ3n) is 8.74. The fraction of sp³-hybridized carbons (Fsp3) is 0.567. The number of carbonyl (C=O) groups excluding carboxylic acids is 2. The number of nitrogens with zero attached hydrogens (tertiary/aromatic N) is 5. The largest absolute Gasteiger partial charge is 0.418 e. The lowest BCUT2D eigenvalue weighted by Gasteiger charge is -2.43. The number of pyridine rings is 1. The molecule has 2 fully saturated rings. The molecule has 1 aromatic heterocycles. The van der Waals surface area contributed by atoms with E-state index in [1.807, 2.05) is 23.1 Å². The maximum atomic E-state index is 14.0. The third-order valence-corrected chi connectivity index (χ3v) is 8.97. The van der Waals surface area contributed by atoms with Crippen molar-refractivity contribution in [1.82, 2.24) is 24.6 Å². The van der Waals surface area contributed by atoms with E-state index in [0.717, 1.165) is 56.3 Å². The van der Waals surface area contributed by atoms with Crippen molar-refractivity contribution >= 4 is 23.4 Å². The van der Waals surface area contributed by atoms with Crippen LogP contribution in [0.1, 0.15) is 52.9 Å². The van der Waals surface area contributed by atoms with Crippen LogP contribution in [0.5, 0.6) is 0 Å². The molecule has 0 spiro atoms. The van der Waals surface area contributed by atoms with Crippen LogP contribution in [0.3, 0.4) is 0 Å². The smallest absolute Gasteiger partial charge is 0.338 e. The highest BCUT2D eigenvalue weighted by Crippen LogP contribution is 2.35. The fourth-order valence-electron chi connectivity index (χ4n) is 6.43. The molecule has 0 aliphatic carbocycles. The van der Waals surface area contributed by atoms with Crippen molar-refractivity contribution in [3.05, 3.63) is 63.9 Å². The zero-order valence-corrected chi connectivity index (χ0v) is 24.1. The topological polar surface area (TPSA) is 60.0 Å². The minimum absolute atomic E-state index is 0.0373. The number of fused-ring (bicyclic) bond motifs is 1. The Hall–Kier alpha value is -2.69. The molecule has 5 rings (SSSR count). The quantitative estimate of drug-likeness (QED) is 0.492. The molecule has 2 saturated heterocycles. The highest BCUT2D eigenvalue weighted by Gasteiger charge is 2.43. The van der Waals surface area contributed by atoms with E-state index in [9.17, 15) is 22.8 Å². The summed E-state index contributed by atoms with van der Waals surface area (Å²) in [6, 6.07) is 7.30. The Balaban J connectivity index is 1.37. The number of aromatic nitrogens is 1. The molecule has 0 N–H and O–H groups in total. The van der Waals surface area contributed by atoms with Gasteiger partial charge in [0, 0.05) is 63.1 Å². The van der Waals surface area contributed by atoms with E-state index in [1.54, 1.807) is 0 Å². The Morgan fingerprint density at radius 2 is 1.83 bits per heavy atom. The van der Waals surface area contributed by atoms with E-state index in [0.29, 0.717) is 50.3 Å². The summed E-state index contributed by atoms with van der Waals surface area (Å²) in [5.74, 6) is -1.27. The van der Waals surface area contributed by atoms with Gasteiger partial charge < -0.3 is 19.6 Å². The number of hydrogen-bond acceptors (Lipinski definition) is 5. The Labute approximate surface area is 244 Å². The van der Waals surface area contributed by atoms with Gasteiger partial charge in [-0.3, -0.25) is 14.6 Å². The molecule has 2 amide bonds. The molecule has 0 unspecified atom stereocenters. The highest BCUT2D eigenvalue weighted by atomic mass is 35.5. The molecule has 41 heavy (non-hydrogen) atoms. The summed E-state index contributed by atoms with van der Waals surface area (Å²) in [5.41, 5.74) is 0.537. The summed E-state index contributed by atoms with van der Waals surface area (Å²) in [4.78, 5) is 39.6. The van der Waals surface area contributed by atoms with Crippen molar-refractivity contribution in [3.8, 4) is 0 Å². The van der Waals surface area contributed by atoms with Gasteiger partial charge >= 0.3 is 6.18 Å². The molecule has 0 bridgehead atoms. The average Bonchev–Trinajstić information content (AvgIpc) is 2.96. The van der Waals surface area contributed by atoms with Crippen molar-refractivity contribution < 1.29 is 22.8 Å². The minimum Gasteiger partial charge on any atom is -0.338 e. The van der Waals surface area contributed by atoms with Crippen LogP contribution in [0.25, 0.3) is 0 Å². The van der Waals surface area contributed by atoms with Gasteiger partial charge in [0.15, 0.2) is 0 Å². The number of rotatable bonds is 6. The molecule has 2 atom stereocenters. The zero-order valence-electron chi connectivity index (χ0n) is 23.4. The van der Waals surface area contributed by atoms with Crippen LogP contribution >= 0.6 is 11.6 Å². The zero-order chi connectivity index (χ0) is 29.1. The first-order chi connectivity index (χ1) is 19.6. The number of alkyl halides is 3. The number of hydrogen-bond donors (Lipinski definition) is 0. The first-order valence-corrected chi connectivity index (χ1v) is 14.8. The molecule has 222 valence electrons. The van der Waals surface area contributed by atoms with E-state index in [1.165, 1.54) is 17.2 Å². The second kappa shape index (κ2) is 12.7. The molecule has 2 aromatic rings. The predicted molar refractivity (Wildman–Crippen MR) is 151 cm³/mol. The van der Waals surface area contributed by atoms with E-state index in [2.05, 4.69) is 21.8 Å². The van der Waals surface area contributed by atoms with Crippen LogP contribution in [0.4, 0.5) is 13.2 Å². The van der Waals surface area contributed by atoms with Gasteiger partial charge in [-0.25, -0.2) is 0 Å². The molecular weight excluding hydrogens is 555 g/mol. The second-order valence-corrected chi connectivity index (χ2v) is 11.9. The van der Waals surface area contributed by atoms with Crippen molar-refractivity contribution in [2.75, 3.05) is 52.9 Å². The summed E-state index contributed by atoms with van der Waals surface area (Å²) in [5, 5.41) is 0.665. The lowest BCUT2D eigenvalue weighted by atomic mass is 9.84. The number of likely N-dealkylation sites (tertiary alicyclic amines) is 1. The van der Waals surface area contributed by atoms with E-state index >= 15 is 0 Å². The molecule has 4 heterocycles. The number of carbonyl (C=O) groups is 2. The molecule has 0 saturated carbocycles. The SMILES string of the molecule is CN1CCN(CCC[C@@H]2[C@H](C(=O)N3CCc4cc(Cl)ccc4C3)CCCN2C(=O)c2ncccc2C(F)(F)F)CC1. The maximum Gasteiger partial charge on any atom is 0.418 e. The summed E-state index contributed by atoms with van der Waals surface area (Å²) in [6.07, 6.45) is -0.361. The van der Waals surface area contributed by atoms with Crippen LogP contribution in [-0.4, -0.2) is 95.3 Å². The van der Waals surface area contributed by atoms with Crippen molar-refractivity contribution in [2.24, 2.45) is 5.92 Å². The van der Waals surface area contributed by atoms with Gasteiger partial charge in [0.25, 0.3) is 5.91 Å². The molecule has 11 heteroatoms. The number of piperazine rings is 1. The first kappa shape index (κ1) is 29.8. The Morgan fingerprint density at radius 3 is 2.59 bits per heavy atom. The number of amides is 2. The normalized spacial score (nSPS) is 22.5. The van der Waals surface area contributed by atoms with Crippen LogP contribution < -0.4 is 0 Å². The second-order valence-electron chi connectivity index (χ2n) is 11.4. The Kier molecular flexibility index (Phi) is 9.21. The van der Waals surface area contributed by atoms with Gasteiger partial charge in [-0.2, -0.15) is 13.2 Å². The van der Waals surface area contributed by atoms with Crippen molar-refractivity contribution in [2.45, 2.75) is 50.9 Å². The van der Waals surface area contributed by atoms with E-state index < -0.39 is 35.3 Å². The Bertz CT molecular complexity index is 1250. The van der Waals surface area contributed by atoms with E-state index in [-0.39, 0.29) is 5.91 Å². The molecule has 7 nitrogen and oxygen atoms in total. The molecule has 0 radical (unpaired) electrons. The number of halogens is 4. The van der Waals surface area contributed by atoms with Gasteiger partial charge in [-0.1, -0.05) is 17.7 Å². The van der Waals surface area contributed by atoms with Gasteiger partial charge in [-0.15, -0.1) is 0 Å². The van der Waals surface area contributed by atoms with Crippen molar-refractivity contribution in [3.63, 3.8) is 0 Å². The third kappa shape index (κ3) is 6.87. The molecule has 3 aliphatic rings. The first-order valence-electron chi connectivity index (χ1n) is 14.4. The number of likely N-dealkylation sites (N-methyl/N-ethyl adjacent to an activating group) is 1. The summed E-state index contributed by atoms with van der Waals surface area (Å²) >= 11 is 6.16. The standard InChI is InChI=1S/C30H37ClF3N5O2/c1-36-15-17-37(18-16-36)12-4-7-26-24(28(40)38-14-10-21-19-23(31)9-8-22(21)20-38)5-3-13-39(26)29(41)27-25(30(32,33)34)6-2-11-35-27/h2,6,8-9,11,19,24,26H,3-5,7,10,12-18,20H2,1H3/t24-,26-/m1/s1. The monoisotopic (exact) mass is 591 g/mol. The van der Waals surface area contributed by atoms with Crippen LogP contribution in [0.15, 0.2) is 36.5 Å².